The van der Waals surface area contributed by atoms with Gasteiger partial charge in [-0.1, -0.05) is 0 Å². The number of aromatic amines is 1. The van der Waals surface area contributed by atoms with Gasteiger partial charge in [-0.05, 0) is 18.2 Å². The fourth-order valence-electron chi connectivity index (χ4n) is 1.26. The maximum atomic E-state index is 10.7. The van der Waals surface area contributed by atoms with E-state index in [0.717, 1.165) is 5.52 Å². The van der Waals surface area contributed by atoms with Gasteiger partial charge in [0.15, 0.2) is 0 Å². The van der Waals surface area contributed by atoms with Crippen LogP contribution in [-0.2, 0) is 5.88 Å². The van der Waals surface area contributed by atoms with Crippen molar-refractivity contribution >= 4 is 28.6 Å². The first-order chi connectivity index (χ1) is 6.70. The molecule has 0 aliphatic carbocycles. The molecule has 1 heterocycles. The van der Waals surface area contributed by atoms with Crippen LogP contribution in [0.3, 0.4) is 0 Å². The smallest absolute Gasteiger partial charge is 0.335 e. The Bertz CT molecular complexity index is 493. The second kappa shape index (κ2) is 3.31. The molecule has 1 aromatic heterocycles. The van der Waals surface area contributed by atoms with Gasteiger partial charge in [-0.25, -0.2) is 9.78 Å². The van der Waals surface area contributed by atoms with Gasteiger partial charge in [0.2, 0.25) is 0 Å². The minimum absolute atomic E-state index is 0.238. The summed E-state index contributed by atoms with van der Waals surface area (Å²) in [5.74, 6) is -0.0185. The Morgan fingerprint density at radius 2 is 2.36 bits per heavy atom. The fraction of sp³-hybridized carbons (Fsp3) is 0.111. The highest BCUT2D eigenvalue weighted by Crippen LogP contribution is 2.14. The quantitative estimate of drug-likeness (QED) is 0.745. The molecule has 0 atom stereocenters. The minimum atomic E-state index is -0.950. The van der Waals surface area contributed by atoms with Gasteiger partial charge in [-0.15, -0.1) is 11.6 Å². The number of imidazole rings is 1. The second-order valence-electron chi connectivity index (χ2n) is 2.85. The molecule has 0 aliphatic rings. The van der Waals surface area contributed by atoms with Crippen LogP contribution in [0, 0.1) is 0 Å². The van der Waals surface area contributed by atoms with Crippen molar-refractivity contribution < 1.29 is 9.90 Å². The van der Waals surface area contributed by atoms with Crippen molar-refractivity contribution in [2.75, 3.05) is 0 Å². The van der Waals surface area contributed by atoms with Crippen LogP contribution in [0.25, 0.3) is 11.0 Å². The molecule has 14 heavy (non-hydrogen) atoms. The third-order valence-corrected chi connectivity index (χ3v) is 2.16. The van der Waals surface area contributed by atoms with E-state index in [1.165, 1.54) is 6.07 Å². The molecule has 0 amide bonds. The first-order valence-electron chi connectivity index (χ1n) is 3.98. The van der Waals surface area contributed by atoms with E-state index in [1.807, 2.05) is 0 Å². The number of nitrogens with one attached hydrogen (secondary N) is 1. The molecule has 0 unspecified atom stereocenters. The standard InChI is InChI=1S/C9H7ClN2O2/c10-4-8-11-6-2-1-5(9(13)14)3-7(6)12-8/h1-3H,4H2,(H,11,12)(H,13,14). The number of alkyl halides is 1. The van der Waals surface area contributed by atoms with Gasteiger partial charge in [0.1, 0.15) is 5.82 Å². The molecular formula is C9H7ClN2O2. The van der Waals surface area contributed by atoms with E-state index in [1.54, 1.807) is 12.1 Å². The molecule has 0 spiro atoms. The van der Waals surface area contributed by atoms with Crippen molar-refractivity contribution in [2.45, 2.75) is 5.88 Å². The Labute approximate surface area is 84.5 Å². The number of H-pyrrole nitrogens is 1. The zero-order valence-corrected chi connectivity index (χ0v) is 7.88. The Balaban J connectivity index is 2.59. The van der Waals surface area contributed by atoms with Crippen LogP contribution >= 0.6 is 11.6 Å². The lowest BCUT2D eigenvalue weighted by molar-refractivity contribution is 0.0697. The number of hydrogen-bond donors (Lipinski definition) is 2. The average molecular weight is 211 g/mol. The first-order valence-corrected chi connectivity index (χ1v) is 4.52. The lowest BCUT2D eigenvalue weighted by atomic mass is 10.2. The lowest BCUT2D eigenvalue weighted by Crippen LogP contribution is -1.94. The lowest BCUT2D eigenvalue weighted by Gasteiger charge is -1.92. The maximum Gasteiger partial charge on any atom is 0.335 e. The van der Waals surface area contributed by atoms with Crippen LogP contribution in [0.2, 0.25) is 0 Å². The molecule has 2 N–H and O–H groups in total. The van der Waals surface area contributed by atoms with Gasteiger partial charge in [0, 0.05) is 0 Å². The van der Waals surface area contributed by atoms with E-state index in [4.69, 9.17) is 16.7 Å². The molecule has 0 bridgehead atoms. The van der Waals surface area contributed by atoms with Crippen molar-refractivity contribution in [3.63, 3.8) is 0 Å². The number of aromatic nitrogens is 2. The number of carbonyl (C=O) groups is 1. The largest absolute Gasteiger partial charge is 0.478 e. The number of nitrogens with zero attached hydrogens (tertiary/aromatic N) is 1. The number of carboxylic acid groups (broad SMARTS) is 1. The molecule has 0 radical (unpaired) electrons. The molecule has 0 aliphatic heterocycles. The average Bonchev–Trinajstić information content (AvgIpc) is 2.58. The van der Waals surface area contributed by atoms with Crippen molar-refractivity contribution in [1.82, 2.24) is 9.97 Å². The highest BCUT2D eigenvalue weighted by molar-refractivity contribution is 6.16. The van der Waals surface area contributed by atoms with E-state index in [0.29, 0.717) is 11.3 Å². The fourth-order valence-corrected chi connectivity index (χ4v) is 1.39. The highest BCUT2D eigenvalue weighted by atomic mass is 35.5. The van der Waals surface area contributed by atoms with Gasteiger partial charge < -0.3 is 10.1 Å². The Kier molecular flexibility index (Phi) is 2.13. The monoisotopic (exact) mass is 210 g/mol. The molecule has 72 valence electrons. The highest BCUT2D eigenvalue weighted by Gasteiger charge is 2.06. The summed E-state index contributed by atoms with van der Waals surface area (Å²) in [6.07, 6.45) is 0. The summed E-state index contributed by atoms with van der Waals surface area (Å²) in [6, 6.07) is 4.72. The number of rotatable bonds is 2. The molecule has 5 heteroatoms. The number of fused-ring (bicyclic) bond motifs is 1. The zero-order valence-electron chi connectivity index (χ0n) is 7.12. The van der Waals surface area contributed by atoms with E-state index in [2.05, 4.69) is 9.97 Å². The van der Waals surface area contributed by atoms with Crippen molar-refractivity contribution in [3.8, 4) is 0 Å². The molecule has 4 nitrogen and oxygen atoms in total. The van der Waals surface area contributed by atoms with E-state index in [9.17, 15) is 4.79 Å². The van der Waals surface area contributed by atoms with Crippen molar-refractivity contribution in [3.05, 3.63) is 29.6 Å². The van der Waals surface area contributed by atoms with Crippen LogP contribution in [0.5, 0.6) is 0 Å². The summed E-state index contributed by atoms with van der Waals surface area (Å²) >= 11 is 5.59. The molecule has 0 fully saturated rings. The third kappa shape index (κ3) is 1.44. The summed E-state index contributed by atoms with van der Waals surface area (Å²) < 4.78 is 0. The Morgan fingerprint density at radius 1 is 1.57 bits per heavy atom. The van der Waals surface area contributed by atoms with Crippen LogP contribution in [-0.4, -0.2) is 21.0 Å². The summed E-state index contributed by atoms with van der Waals surface area (Å²) in [4.78, 5) is 17.7. The van der Waals surface area contributed by atoms with Gasteiger partial charge in [-0.2, -0.15) is 0 Å². The molecule has 1 aromatic carbocycles. The summed E-state index contributed by atoms with van der Waals surface area (Å²) in [6.45, 7) is 0. The molecule has 0 saturated heterocycles. The SMILES string of the molecule is O=C(O)c1ccc2nc(CCl)[nH]c2c1. The Morgan fingerprint density at radius 3 is 3.00 bits per heavy atom. The number of carboxylic acids is 1. The number of aromatic carboxylic acids is 1. The Hall–Kier alpha value is -1.55. The predicted molar refractivity (Wildman–Crippen MR) is 52.6 cm³/mol. The van der Waals surface area contributed by atoms with Crippen LogP contribution in [0.4, 0.5) is 0 Å². The van der Waals surface area contributed by atoms with E-state index < -0.39 is 5.97 Å². The number of benzene rings is 1. The van der Waals surface area contributed by atoms with Crippen LogP contribution in [0.15, 0.2) is 18.2 Å². The normalized spacial score (nSPS) is 10.6. The third-order valence-electron chi connectivity index (χ3n) is 1.90. The zero-order chi connectivity index (χ0) is 10.1. The molecular weight excluding hydrogens is 204 g/mol. The van der Waals surface area contributed by atoms with Gasteiger partial charge in [-0.3, -0.25) is 0 Å². The van der Waals surface area contributed by atoms with Crippen molar-refractivity contribution in [2.24, 2.45) is 0 Å². The topological polar surface area (TPSA) is 66.0 Å². The van der Waals surface area contributed by atoms with Crippen LogP contribution in [0.1, 0.15) is 16.2 Å². The summed E-state index contributed by atoms with van der Waals surface area (Å²) in [5.41, 5.74) is 1.66. The first kappa shape index (κ1) is 9.02. The maximum absolute atomic E-state index is 10.7. The van der Waals surface area contributed by atoms with Gasteiger partial charge in [0.05, 0.1) is 22.5 Å². The predicted octanol–water partition coefficient (Wildman–Crippen LogP) is 2.00. The molecule has 2 aromatic rings. The van der Waals surface area contributed by atoms with Crippen molar-refractivity contribution in [1.29, 1.82) is 0 Å². The van der Waals surface area contributed by atoms with Crippen LogP contribution < -0.4 is 0 Å². The second-order valence-corrected chi connectivity index (χ2v) is 3.12. The minimum Gasteiger partial charge on any atom is -0.478 e. The van der Waals surface area contributed by atoms with E-state index in [-0.39, 0.29) is 11.4 Å². The number of hydrogen-bond acceptors (Lipinski definition) is 2. The van der Waals surface area contributed by atoms with Gasteiger partial charge in [0.25, 0.3) is 0 Å². The summed E-state index contributed by atoms with van der Waals surface area (Å²) in [7, 11) is 0. The molecule has 2 rings (SSSR count). The summed E-state index contributed by atoms with van der Waals surface area (Å²) in [5, 5.41) is 8.75. The number of halogens is 1. The molecule has 0 saturated carbocycles. The van der Waals surface area contributed by atoms with E-state index >= 15 is 0 Å². The van der Waals surface area contributed by atoms with Gasteiger partial charge >= 0.3 is 5.97 Å².